The number of Topliss-reactive ketones (excluding diaryl/α,β-unsaturated/α-hetero) is 1. The molecular weight excluding hydrogens is 555 g/mol. The van der Waals surface area contributed by atoms with E-state index in [1.54, 1.807) is 0 Å². The van der Waals surface area contributed by atoms with E-state index in [0.717, 1.165) is 24.3 Å². The van der Waals surface area contributed by atoms with Crippen LogP contribution in [0.15, 0.2) is 60.7 Å². The summed E-state index contributed by atoms with van der Waals surface area (Å²) in [7, 11) is 0. The molecule has 1 aliphatic rings. The topological polar surface area (TPSA) is 70.0 Å². The molecule has 1 saturated carbocycles. The van der Waals surface area contributed by atoms with Crippen LogP contribution in [-0.4, -0.2) is 16.0 Å². The molecule has 1 amide bonds. The van der Waals surface area contributed by atoms with Crippen molar-refractivity contribution in [2.45, 2.75) is 22.8 Å². The lowest BCUT2D eigenvalue weighted by atomic mass is 9.98. The Kier molecular flexibility index (Phi) is 7.26. The smallest absolute Gasteiger partial charge is 0.326 e. The van der Waals surface area contributed by atoms with Gasteiger partial charge in [0.1, 0.15) is 10.2 Å². The quantitative estimate of drug-likeness (QED) is 0.192. The molecular formula is C26H15Cl3F4N2O2. The predicted molar refractivity (Wildman–Crippen MR) is 131 cm³/mol. The Labute approximate surface area is 223 Å². The molecule has 190 valence electrons. The first-order valence-electron chi connectivity index (χ1n) is 10.7. The largest absolute Gasteiger partial charge is 0.416 e. The number of amides is 1. The van der Waals surface area contributed by atoms with Crippen LogP contribution < -0.4 is 5.32 Å². The average Bonchev–Trinajstić information content (AvgIpc) is 3.42. The van der Waals surface area contributed by atoms with Crippen LogP contribution in [0.5, 0.6) is 0 Å². The first kappa shape index (κ1) is 26.9. The van der Waals surface area contributed by atoms with Gasteiger partial charge >= 0.3 is 6.18 Å². The number of halogens is 7. The minimum absolute atomic E-state index is 0.00358. The Morgan fingerprint density at radius 3 is 2.46 bits per heavy atom. The maximum Gasteiger partial charge on any atom is 0.416 e. The maximum atomic E-state index is 13.4. The number of nitrogens with zero attached hydrogens (tertiary/aromatic N) is 1. The van der Waals surface area contributed by atoms with Crippen molar-refractivity contribution in [1.29, 1.82) is 5.26 Å². The van der Waals surface area contributed by atoms with E-state index in [9.17, 15) is 32.4 Å². The Bertz CT molecular complexity index is 1450. The molecule has 2 unspecified atom stereocenters. The standard InChI is InChI=1S/C26H15Cl3F4N2O2/c27-20-7-6-18(11-19(20)21(36)10-13-4-5-17(30)9-15(13)12-34)35-24(37)23-22(25(23,28)29)14-2-1-3-16(8-14)26(31,32)33/h1-9,11,22-23H,10H2,(H,35,37). The number of nitrogens with one attached hydrogen (secondary N) is 1. The third-order valence-electron chi connectivity index (χ3n) is 5.99. The number of anilines is 1. The van der Waals surface area contributed by atoms with Crippen molar-refractivity contribution in [3.63, 3.8) is 0 Å². The molecule has 0 spiro atoms. The second-order valence-corrected chi connectivity index (χ2v) is 10.3. The summed E-state index contributed by atoms with van der Waals surface area (Å²) in [6.07, 6.45) is -4.81. The zero-order chi connectivity index (χ0) is 27.1. The highest BCUT2D eigenvalue weighted by Crippen LogP contribution is 2.65. The van der Waals surface area contributed by atoms with Crippen molar-refractivity contribution < 1.29 is 27.2 Å². The zero-order valence-corrected chi connectivity index (χ0v) is 20.8. The molecule has 3 aromatic carbocycles. The number of benzene rings is 3. The maximum absolute atomic E-state index is 13.4. The first-order chi connectivity index (χ1) is 17.3. The molecule has 1 fully saturated rings. The number of ketones is 1. The Morgan fingerprint density at radius 2 is 1.78 bits per heavy atom. The van der Waals surface area contributed by atoms with E-state index in [4.69, 9.17) is 34.8 Å². The lowest BCUT2D eigenvalue weighted by Crippen LogP contribution is -2.17. The highest BCUT2D eigenvalue weighted by Gasteiger charge is 2.67. The van der Waals surface area contributed by atoms with E-state index in [-0.39, 0.29) is 33.8 Å². The molecule has 0 bridgehead atoms. The second kappa shape index (κ2) is 9.97. The summed E-state index contributed by atoms with van der Waals surface area (Å²) >= 11 is 18.7. The first-order valence-corrected chi connectivity index (χ1v) is 11.8. The molecule has 37 heavy (non-hydrogen) atoms. The highest BCUT2D eigenvalue weighted by atomic mass is 35.5. The van der Waals surface area contributed by atoms with Crippen LogP contribution in [0.2, 0.25) is 5.02 Å². The Hall–Kier alpha value is -3.12. The molecule has 1 N–H and O–H groups in total. The van der Waals surface area contributed by atoms with Gasteiger partial charge in [-0.05, 0) is 47.5 Å². The Balaban J connectivity index is 1.52. The van der Waals surface area contributed by atoms with Crippen LogP contribution >= 0.6 is 34.8 Å². The van der Waals surface area contributed by atoms with E-state index in [1.807, 2.05) is 6.07 Å². The fourth-order valence-electron chi connectivity index (χ4n) is 4.09. The lowest BCUT2D eigenvalue weighted by Gasteiger charge is -2.10. The van der Waals surface area contributed by atoms with Gasteiger partial charge < -0.3 is 5.32 Å². The number of alkyl halides is 5. The number of carbonyl (C=O) groups excluding carboxylic acids is 2. The van der Waals surface area contributed by atoms with Gasteiger partial charge in [0.25, 0.3) is 0 Å². The summed E-state index contributed by atoms with van der Waals surface area (Å²) in [5.41, 5.74) is -0.197. The molecule has 1 aliphatic carbocycles. The van der Waals surface area contributed by atoms with Crippen LogP contribution in [0.4, 0.5) is 23.2 Å². The Morgan fingerprint density at radius 1 is 1.05 bits per heavy atom. The van der Waals surface area contributed by atoms with E-state index in [0.29, 0.717) is 5.56 Å². The van der Waals surface area contributed by atoms with Gasteiger partial charge in [0.05, 0.1) is 28.1 Å². The summed E-state index contributed by atoms with van der Waals surface area (Å²) in [6.45, 7) is 0. The van der Waals surface area contributed by atoms with Gasteiger partial charge in [-0.3, -0.25) is 9.59 Å². The average molecular weight is 570 g/mol. The molecule has 0 radical (unpaired) electrons. The third-order valence-corrected chi connectivity index (χ3v) is 7.26. The van der Waals surface area contributed by atoms with Gasteiger partial charge in [-0.2, -0.15) is 18.4 Å². The third kappa shape index (κ3) is 5.59. The summed E-state index contributed by atoms with van der Waals surface area (Å²) < 4.78 is 51.1. The van der Waals surface area contributed by atoms with Gasteiger partial charge in [0.2, 0.25) is 5.91 Å². The SMILES string of the molecule is N#Cc1cc(F)ccc1CC(=O)c1cc(NC(=O)C2C(c3cccc(C(F)(F)F)c3)C2(Cl)Cl)ccc1Cl. The highest BCUT2D eigenvalue weighted by molar-refractivity contribution is 6.53. The predicted octanol–water partition coefficient (Wildman–Crippen LogP) is 7.32. The number of nitriles is 1. The van der Waals surface area contributed by atoms with Gasteiger partial charge in [-0.25, -0.2) is 4.39 Å². The monoisotopic (exact) mass is 568 g/mol. The van der Waals surface area contributed by atoms with Gasteiger partial charge in [-0.15, -0.1) is 23.2 Å². The van der Waals surface area contributed by atoms with E-state index in [1.165, 1.54) is 36.4 Å². The van der Waals surface area contributed by atoms with Crippen molar-refractivity contribution in [2.24, 2.45) is 5.92 Å². The zero-order valence-electron chi connectivity index (χ0n) is 18.5. The van der Waals surface area contributed by atoms with Crippen LogP contribution in [0.1, 0.15) is 38.5 Å². The minimum Gasteiger partial charge on any atom is -0.326 e. The van der Waals surface area contributed by atoms with E-state index >= 15 is 0 Å². The molecule has 2 atom stereocenters. The van der Waals surface area contributed by atoms with Crippen LogP contribution in [-0.2, 0) is 17.4 Å². The molecule has 4 rings (SSSR count). The fourth-order valence-corrected chi connectivity index (χ4v) is 5.14. The van der Waals surface area contributed by atoms with E-state index < -0.39 is 45.4 Å². The molecule has 0 heterocycles. The van der Waals surface area contributed by atoms with Gasteiger partial charge in [0.15, 0.2) is 5.78 Å². The van der Waals surface area contributed by atoms with Crippen LogP contribution in [0, 0.1) is 23.1 Å². The molecule has 4 nitrogen and oxygen atoms in total. The number of hydrogen-bond donors (Lipinski definition) is 1. The minimum atomic E-state index is -4.57. The van der Waals surface area contributed by atoms with Crippen molar-refractivity contribution in [3.05, 3.63) is 99.3 Å². The van der Waals surface area contributed by atoms with Crippen molar-refractivity contribution >= 4 is 52.2 Å². The van der Waals surface area contributed by atoms with Crippen molar-refractivity contribution in [1.82, 2.24) is 0 Å². The second-order valence-electron chi connectivity index (χ2n) is 8.45. The van der Waals surface area contributed by atoms with Gasteiger partial charge in [0, 0.05) is 23.6 Å². The van der Waals surface area contributed by atoms with Crippen molar-refractivity contribution in [3.8, 4) is 6.07 Å². The van der Waals surface area contributed by atoms with Crippen molar-refractivity contribution in [2.75, 3.05) is 5.32 Å². The number of hydrogen-bond acceptors (Lipinski definition) is 3. The summed E-state index contributed by atoms with van der Waals surface area (Å²) in [6, 6.07) is 13.9. The van der Waals surface area contributed by atoms with E-state index in [2.05, 4.69) is 5.32 Å². The lowest BCUT2D eigenvalue weighted by molar-refractivity contribution is -0.137. The molecule has 0 saturated heterocycles. The summed E-state index contributed by atoms with van der Waals surface area (Å²) in [5, 5.41) is 11.9. The summed E-state index contributed by atoms with van der Waals surface area (Å²) in [4.78, 5) is 25.8. The van der Waals surface area contributed by atoms with Gasteiger partial charge in [-0.1, -0.05) is 35.9 Å². The number of rotatable bonds is 6. The summed E-state index contributed by atoms with van der Waals surface area (Å²) in [5.74, 6) is -3.69. The van der Waals surface area contributed by atoms with Crippen LogP contribution in [0.3, 0.4) is 0 Å². The van der Waals surface area contributed by atoms with Crippen LogP contribution in [0.25, 0.3) is 0 Å². The number of carbonyl (C=O) groups is 2. The molecule has 0 aromatic heterocycles. The normalized spacial score (nSPS) is 18.1. The molecule has 11 heteroatoms. The molecule has 0 aliphatic heterocycles. The fraction of sp³-hybridized carbons (Fsp3) is 0.192. The molecule has 3 aromatic rings.